The zero-order valence-electron chi connectivity index (χ0n) is 31.2. The largest absolute Gasteiger partial charge is 0.497 e. The van der Waals surface area contributed by atoms with E-state index in [0.29, 0.717) is 11.1 Å². The molecule has 1 unspecified atom stereocenters. The molecule has 8 nitrogen and oxygen atoms in total. The van der Waals surface area contributed by atoms with Crippen molar-refractivity contribution in [2.75, 3.05) is 19.0 Å². The lowest BCUT2D eigenvalue weighted by atomic mass is 9.97. The van der Waals surface area contributed by atoms with Gasteiger partial charge >= 0.3 is 12.1 Å². The zero-order valence-corrected chi connectivity index (χ0v) is 31.2. The number of ether oxygens (including phenoxy) is 2. The number of hydrogen-bond acceptors (Lipinski definition) is 6. The van der Waals surface area contributed by atoms with Crippen LogP contribution in [0, 0.1) is 6.92 Å². The van der Waals surface area contributed by atoms with E-state index in [1.807, 2.05) is 31.2 Å². The first kappa shape index (κ1) is 40.2. The molecule has 0 saturated carbocycles. The summed E-state index contributed by atoms with van der Waals surface area (Å²) in [5.74, 6) is -1.77. The predicted molar refractivity (Wildman–Crippen MR) is 204 cm³/mol. The van der Waals surface area contributed by atoms with Gasteiger partial charge < -0.3 is 24.8 Å². The maximum atomic E-state index is 13.8. The molecule has 55 heavy (non-hydrogen) atoms. The van der Waals surface area contributed by atoms with E-state index in [1.54, 1.807) is 45.0 Å². The minimum Gasteiger partial charge on any atom is -0.497 e. The van der Waals surface area contributed by atoms with Gasteiger partial charge in [-0.25, -0.2) is 0 Å². The number of benzene rings is 5. The van der Waals surface area contributed by atoms with Gasteiger partial charge in [-0.3, -0.25) is 14.4 Å². The Kier molecular flexibility index (Phi) is 12.5. The van der Waals surface area contributed by atoms with Crippen LogP contribution >= 0.6 is 0 Å². The van der Waals surface area contributed by atoms with Gasteiger partial charge in [0.15, 0.2) is 0 Å². The Balaban J connectivity index is 1.27. The summed E-state index contributed by atoms with van der Waals surface area (Å²) in [5, 5.41) is 13.7. The normalized spacial score (nSPS) is 12.1. The molecule has 0 spiro atoms. The summed E-state index contributed by atoms with van der Waals surface area (Å²) in [6, 6.07) is 32.2. The number of carbonyl (C=O) groups is 3. The average molecular weight is 753 g/mol. The monoisotopic (exact) mass is 752 g/mol. The lowest BCUT2D eigenvalue weighted by Gasteiger charge is -2.25. The second-order valence-electron chi connectivity index (χ2n) is 14.2. The first-order chi connectivity index (χ1) is 26.0. The number of anilines is 1. The van der Waals surface area contributed by atoms with Crippen LogP contribution in [-0.4, -0.2) is 47.0 Å². The lowest BCUT2D eigenvalue weighted by Crippen LogP contribution is -2.38. The second-order valence-corrected chi connectivity index (χ2v) is 14.2. The summed E-state index contributed by atoms with van der Waals surface area (Å²) in [6.45, 7) is 6.90. The Bertz CT molecular complexity index is 2110. The van der Waals surface area contributed by atoms with Crippen LogP contribution in [0.2, 0.25) is 0 Å². The molecule has 5 rings (SSSR count). The first-order valence-corrected chi connectivity index (χ1v) is 17.6. The maximum Gasteiger partial charge on any atom is 0.416 e. The molecule has 1 atom stereocenters. The van der Waals surface area contributed by atoms with Crippen molar-refractivity contribution in [3.05, 3.63) is 154 Å². The molecule has 2 N–H and O–H groups in total. The second kappa shape index (κ2) is 17.0. The van der Waals surface area contributed by atoms with E-state index in [-0.39, 0.29) is 35.7 Å². The number of aliphatic hydroxyl groups excluding tert-OH is 1. The van der Waals surface area contributed by atoms with Crippen molar-refractivity contribution in [3.8, 4) is 16.9 Å². The highest BCUT2D eigenvalue weighted by atomic mass is 19.4. The number of nitrogens with zero attached hydrogens (tertiary/aromatic N) is 1. The third-order valence-electron chi connectivity index (χ3n) is 8.70. The molecule has 5 aromatic carbocycles. The number of halogens is 3. The highest BCUT2D eigenvalue weighted by Gasteiger charge is 2.34. The first-order valence-electron chi connectivity index (χ1n) is 17.6. The molecule has 11 heteroatoms. The molecule has 286 valence electrons. The van der Waals surface area contributed by atoms with Crippen LogP contribution < -0.4 is 10.1 Å². The van der Waals surface area contributed by atoms with Gasteiger partial charge in [-0.15, -0.1) is 0 Å². The van der Waals surface area contributed by atoms with E-state index >= 15 is 0 Å². The minimum absolute atomic E-state index is 0.0179. The quantitative estimate of drug-likeness (QED) is 0.123. The molecule has 0 aliphatic carbocycles. The van der Waals surface area contributed by atoms with Gasteiger partial charge in [0.1, 0.15) is 24.0 Å². The van der Waals surface area contributed by atoms with Crippen molar-refractivity contribution in [2.45, 2.75) is 58.5 Å². The third kappa shape index (κ3) is 11.0. The van der Waals surface area contributed by atoms with Crippen LogP contribution in [0.5, 0.6) is 5.75 Å². The lowest BCUT2D eigenvalue weighted by molar-refractivity contribution is -0.155. The Morgan fingerprint density at radius 3 is 1.89 bits per heavy atom. The van der Waals surface area contributed by atoms with Gasteiger partial charge in [0.2, 0.25) is 5.91 Å². The van der Waals surface area contributed by atoms with Crippen LogP contribution in [-0.2, 0) is 33.5 Å². The number of aliphatic hydroxyl groups is 1. The van der Waals surface area contributed by atoms with Gasteiger partial charge in [-0.2, -0.15) is 13.2 Å². The number of hydrogen-bond donors (Lipinski definition) is 2. The number of esters is 1. The van der Waals surface area contributed by atoms with Gasteiger partial charge in [-0.05, 0) is 97.5 Å². The van der Waals surface area contributed by atoms with Crippen molar-refractivity contribution in [3.63, 3.8) is 0 Å². The number of amides is 2. The highest BCUT2D eigenvalue weighted by molar-refractivity contribution is 5.97. The number of methoxy groups -OCH3 is 1. The molecular formula is C44H43F3N2O6. The molecule has 0 aliphatic heterocycles. The number of carbonyl (C=O) groups excluding carboxylic acids is 3. The van der Waals surface area contributed by atoms with Gasteiger partial charge in [-0.1, -0.05) is 84.4 Å². The Labute approximate surface area is 318 Å². The molecule has 0 aliphatic rings. The van der Waals surface area contributed by atoms with Crippen molar-refractivity contribution < 1.29 is 42.1 Å². The van der Waals surface area contributed by atoms with Gasteiger partial charge in [0.05, 0.1) is 19.1 Å². The van der Waals surface area contributed by atoms with Gasteiger partial charge in [0.25, 0.3) is 5.91 Å². The van der Waals surface area contributed by atoms with Crippen molar-refractivity contribution in [1.82, 2.24) is 4.90 Å². The van der Waals surface area contributed by atoms with E-state index in [9.17, 15) is 32.7 Å². The van der Waals surface area contributed by atoms with Gasteiger partial charge in [0, 0.05) is 17.8 Å². The fourth-order valence-corrected chi connectivity index (χ4v) is 5.91. The smallest absolute Gasteiger partial charge is 0.416 e. The zero-order chi connectivity index (χ0) is 39.9. The summed E-state index contributed by atoms with van der Waals surface area (Å²) in [4.78, 5) is 40.8. The topological polar surface area (TPSA) is 105 Å². The summed E-state index contributed by atoms with van der Waals surface area (Å²) < 4.78 is 51.3. The molecule has 0 bridgehead atoms. The SMILES string of the molecule is COc1ccc(CC(=O)Nc2ccc(C(=O)N(CC(=O)OC(C)(C)C)Cc3ccc(C(O)c4ccc(-c5ccc(C)cc5)cc4)cc3)cc2)c(C(F)(F)F)c1. The van der Waals surface area contributed by atoms with E-state index in [0.717, 1.165) is 22.8 Å². The summed E-state index contributed by atoms with van der Waals surface area (Å²) in [6.07, 6.45) is -6.11. The molecule has 0 saturated heterocycles. The third-order valence-corrected chi connectivity index (χ3v) is 8.70. The van der Waals surface area contributed by atoms with Crippen LogP contribution in [0.25, 0.3) is 11.1 Å². The number of alkyl halides is 3. The van der Waals surface area contributed by atoms with Crippen molar-refractivity contribution in [1.29, 1.82) is 0 Å². The predicted octanol–water partition coefficient (Wildman–Crippen LogP) is 8.94. The van der Waals surface area contributed by atoms with Crippen molar-refractivity contribution >= 4 is 23.5 Å². The minimum atomic E-state index is -4.68. The molecule has 0 fully saturated rings. The van der Waals surface area contributed by atoms with Crippen LogP contribution in [0.3, 0.4) is 0 Å². The molecular weight excluding hydrogens is 709 g/mol. The van der Waals surface area contributed by atoms with Crippen LogP contribution in [0.1, 0.15) is 70.6 Å². The van der Waals surface area contributed by atoms with E-state index < -0.39 is 47.6 Å². The Hall–Kier alpha value is -5.94. The summed E-state index contributed by atoms with van der Waals surface area (Å²) >= 11 is 0. The van der Waals surface area contributed by atoms with E-state index in [1.165, 1.54) is 54.0 Å². The maximum absolute atomic E-state index is 13.8. The molecule has 0 aromatic heterocycles. The van der Waals surface area contributed by atoms with E-state index in [4.69, 9.17) is 9.47 Å². The van der Waals surface area contributed by atoms with Crippen LogP contribution in [0.4, 0.5) is 18.9 Å². The van der Waals surface area contributed by atoms with E-state index in [2.05, 4.69) is 29.6 Å². The Morgan fingerprint density at radius 1 is 0.782 bits per heavy atom. The highest BCUT2D eigenvalue weighted by Crippen LogP contribution is 2.35. The summed E-state index contributed by atoms with van der Waals surface area (Å²) in [5.41, 5.74) is 3.86. The Morgan fingerprint density at radius 2 is 1.35 bits per heavy atom. The average Bonchev–Trinajstić information content (AvgIpc) is 3.14. The summed E-state index contributed by atoms with van der Waals surface area (Å²) in [7, 11) is 1.25. The molecule has 0 radical (unpaired) electrons. The standard InChI is InChI=1S/C44H43F3N2O6/c1-28-6-10-30(11-7-28)31-14-16-33(17-15-31)41(52)32-12-8-29(9-13-32)26-49(27-40(51)55-43(2,3)4)42(53)34-18-21-36(22-19-34)48-39(50)24-35-20-23-37(54-5)25-38(35)44(45,46)47/h6-23,25,41,52H,24,26-27H2,1-5H3,(H,48,50). The fourth-order valence-electron chi connectivity index (χ4n) is 5.91. The number of rotatable bonds is 12. The fraction of sp³-hybridized carbons (Fsp3) is 0.250. The number of aryl methyl sites for hydroxylation is 1. The number of nitrogens with one attached hydrogen (secondary N) is 1. The van der Waals surface area contributed by atoms with Crippen LogP contribution in [0.15, 0.2) is 115 Å². The van der Waals surface area contributed by atoms with Crippen molar-refractivity contribution in [2.24, 2.45) is 0 Å². The molecule has 5 aromatic rings. The molecule has 2 amide bonds. The molecule has 0 heterocycles.